The van der Waals surface area contributed by atoms with Crippen LogP contribution >= 0.6 is 11.6 Å². The molecule has 1 saturated carbocycles. The maximum atomic E-state index is 10.2. The van der Waals surface area contributed by atoms with E-state index < -0.39 is 31.1 Å². The highest BCUT2D eigenvalue weighted by atomic mass is 35.5. The molecule has 2 aromatic rings. The molecule has 2 fully saturated rings. The largest absolute Gasteiger partial charge is 0.394 e. The minimum Gasteiger partial charge on any atom is -0.394 e. The van der Waals surface area contributed by atoms with Crippen molar-refractivity contribution in [1.82, 2.24) is 19.5 Å². The normalized spacial score (nSPS) is 31.0. The number of imidazole rings is 1. The van der Waals surface area contributed by atoms with Gasteiger partial charge < -0.3 is 25.4 Å². The molecular formula is C13H16ClN5O4. The number of aromatic nitrogens is 4. The number of ether oxygens (including phenoxy) is 1. The molecule has 4 N–H and O–H groups in total. The molecule has 0 amide bonds. The second-order valence-electron chi connectivity index (χ2n) is 5.79. The molecule has 1 saturated heterocycles. The molecule has 0 aromatic carbocycles. The van der Waals surface area contributed by atoms with Gasteiger partial charge in [-0.2, -0.15) is 0 Å². The third-order valence-corrected chi connectivity index (χ3v) is 4.39. The van der Waals surface area contributed by atoms with Gasteiger partial charge >= 0.3 is 0 Å². The van der Waals surface area contributed by atoms with E-state index in [0.717, 1.165) is 12.8 Å². The van der Waals surface area contributed by atoms with E-state index in [1.807, 2.05) is 0 Å². The Morgan fingerprint density at radius 1 is 1.30 bits per heavy atom. The van der Waals surface area contributed by atoms with Crippen LogP contribution in [0.5, 0.6) is 0 Å². The number of rotatable bonds is 4. The summed E-state index contributed by atoms with van der Waals surface area (Å²) >= 11 is 6.20. The van der Waals surface area contributed by atoms with Crippen molar-refractivity contribution in [1.29, 1.82) is 0 Å². The number of aliphatic hydroxyl groups is 3. The first-order chi connectivity index (χ1) is 11.1. The summed E-state index contributed by atoms with van der Waals surface area (Å²) in [5.74, 6) is 0.574. The van der Waals surface area contributed by atoms with E-state index in [1.165, 1.54) is 10.9 Å². The average Bonchev–Trinajstić information content (AvgIpc) is 3.23. The van der Waals surface area contributed by atoms with Gasteiger partial charge in [-0.15, -0.1) is 0 Å². The second-order valence-corrected chi connectivity index (χ2v) is 6.13. The van der Waals surface area contributed by atoms with Crippen LogP contribution < -0.4 is 5.32 Å². The van der Waals surface area contributed by atoms with Crippen LogP contribution in [0, 0.1) is 0 Å². The van der Waals surface area contributed by atoms with Crippen molar-refractivity contribution in [3.8, 4) is 0 Å². The first-order valence-electron chi connectivity index (χ1n) is 7.37. The van der Waals surface area contributed by atoms with Gasteiger partial charge in [0.25, 0.3) is 0 Å². The molecule has 4 rings (SSSR count). The number of anilines is 1. The number of fused-ring (bicyclic) bond motifs is 1. The number of nitrogens with one attached hydrogen (secondary N) is 1. The lowest BCUT2D eigenvalue weighted by Crippen LogP contribution is -2.33. The standard InChI is InChI=1S/C13H16ClN5O4/c14-13-18-7-10(17-5-1-2-5)15-4-16-11(7)19(13)12-9(22)8(21)6(3-20)23-12/h4-6,8-9,12,20-22H,1-3H2,(H,15,16,17)/t6-,8-,9-,12-/m1/s1. The number of aliphatic hydroxyl groups excluding tert-OH is 3. The van der Waals surface area contributed by atoms with Gasteiger partial charge in [0.2, 0.25) is 5.28 Å². The van der Waals surface area contributed by atoms with Gasteiger partial charge in [-0.05, 0) is 24.4 Å². The van der Waals surface area contributed by atoms with Gasteiger partial charge in [0.05, 0.1) is 6.61 Å². The lowest BCUT2D eigenvalue weighted by Gasteiger charge is -2.17. The minimum absolute atomic E-state index is 0.0641. The summed E-state index contributed by atoms with van der Waals surface area (Å²) < 4.78 is 6.91. The minimum atomic E-state index is -1.25. The van der Waals surface area contributed by atoms with E-state index in [-0.39, 0.29) is 5.28 Å². The Balaban J connectivity index is 1.76. The third kappa shape index (κ3) is 2.45. The predicted molar refractivity (Wildman–Crippen MR) is 80.0 cm³/mol. The molecule has 0 radical (unpaired) electrons. The highest BCUT2D eigenvalue weighted by Gasteiger charge is 2.45. The molecule has 0 spiro atoms. The maximum Gasteiger partial charge on any atom is 0.207 e. The van der Waals surface area contributed by atoms with E-state index in [1.54, 1.807) is 0 Å². The van der Waals surface area contributed by atoms with Crippen molar-refractivity contribution in [2.24, 2.45) is 0 Å². The number of hydrogen-bond acceptors (Lipinski definition) is 8. The van der Waals surface area contributed by atoms with E-state index in [4.69, 9.17) is 16.3 Å². The fourth-order valence-corrected chi connectivity index (χ4v) is 2.99. The third-order valence-electron chi connectivity index (χ3n) is 4.12. The molecule has 9 nitrogen and oxygen atoms in total. The molecule has 0 bridgehead atoms. The summed E-state index contributed by atoms with van der Waals surface area (Å²) in [5.41, 5.74) is 0.866. The molecule has 0 unspecified atom stereocenters. The zero-order valence-corrected chi connectivity index (χ0v) is 12.8. The molecule has 1 aliphatic carbocycles. The predicted octanol–water partition coefficient (Wildman–Crippen LogP) is -0.335. The fraction of sp³-hybridized carbons (Fsp3) is 0.615. The van der Waals surface area contributed by atoms with E-state index in [2.05, 4.69) is 20.3 Å². The van der Waals surface area contributed by atoms with Crippen LogP contribution in [0.1, 0.15) is 19.1 Å². The first-order valence-corrected chi connectivity index (χ1v) is 7.75. The molecule has 2 aliphatic rings. The quantitative estimate of drug-likeness (QED) is 0.557. The van der Waals surface area contributed by atoms with Crippen molar-refractivity contribution < 1.29 is 20.1 Å². The highest BCUT2D eigenvalue weighted by Crippen LogP contribution is 2.35. The van der Waals surface area contributed by atoms with Gasteiger partial charge in [0.15, 0.2) is 23.2 Å². The second kappa shape index (κ2) is 5.53. The summed E-state index contributed by atoms with van der Waals surface area (Å²) in [7, 11) is 0. The van der Waals surface area contributed by atoms with Crippen LogP contribution in [0.3, 0.4) is 0 Å². The van der Waals surface area contributed by atoms with Gasteiger partial charge in [-0.1, -0.05) is 0 Å². The summed E-state index contributed by atoms with van der Waals surface area (Å²) in [4.78, 5) is 12.6. The van der Waals surface area contributed by atoms with Crippen LogP contribution in [-0.2, 0) is 4.74 Å². The van der Waals surface area contributed by atoms with Crippen LogP contribution in [0.4, 0.5) is 5.82 Å². The van der Waals surface area contributed by atoms with Crippen molar-refractivity contribution in [3.05, 3.63) is 11.6 Å². The molecule has 1 aliphatic heterocycles. The van der Waals surface area contributed by atoms with Gasteiger partial charge in [0, 0.05) is 6.04 Å². The Bertz CT molecular complexity index is 736. The van der Waals surface area contributed by atoms with Crippen LogP contribution in [0.25, 0.3) is 11.2 Å². The molecule has 2 aromatic heterocycles. The van der Waals surface area contributed by atoms with Gasteiger partial charge in [-0.3, -0.25) is 4.57 Å². The monoisotopic (exact) mass is 341 g/mol. The number of halogens is 1. The van der Waals surface area contributed by atoms with Crippen molar-refractivity contribution in [2.75, 3.05) is 11.9 Å². The van der Waals surface area contributed by atoms with E-state index in [0.29, 0.717) is 23.0 Å². The SMILES string of the molecule is OC[C@H]1O[C@@H](n2c(Cl)nc3c(NC4CC4)ncnc32)[C@H](O)[C@@H]1O. The summed E-state index contributed by atoms with van der Waals surface area (Å²) in [6.45, 7) is -0.414. The van der Waals surface area contributed by atoms with Crippen molar-refractivity contribution in [3.63, 3.8) is 0 Å². The average molecular weight is 342 g/mol. The lowest BCUT2D eigenvalue weighted by molar-refractivity contribution is -0.0509. The maximum absolute atomic E-state index is 10.2. The molecule has 4 atom stereocenters. The van der Waals surface area contributed by atoms with E-state index >= 15 is 0 Å². The zero-order chi connectivity index (χ0) is 16.1. The number of hydrogen-bond donors (Lipinski definition) is 4. The summed E-state index contributed by atoms with van der Waals surface area (Å²) in [5, 5.41) is 32.6. The smallest absolute Gasteiger partial charge is 0.207 e. The van der Waals surface area contributed by atoms with Crippen molar-refractivity contribution >= 4 is 28.6 Å². The van der Waals surface area contributed by atoms with Crippen LogP contribution in [0.15, 0.2) is 6.33 Å². The topological polar surface area (TPSA) is 126 Å². The molecule has 124 valence electrons. The van der Waals surface area contributed by atoms with Crippen molar-refractivity contribution in [2.45, 2.75) is 43.4 Å². The van der Waals surface area contributed by atoms with E-state index in [9.17, 15) is 15.3 Å². The van der Waals surface area contributed by atoms with Gasteiger partial charge in [-0.25, -0.2) is 15.0 Å². The highest BCUT2D eigenvalue weighted by molar-refractivity contribution is 6.29. The van der Waals surface area contributed by atoms with Gasteiger partial charge in [0.1, 0.15) is 24.6 Å². The molecule has 23 heavy (non-hydrogen) atoms. The Morgan fingerprint density at radius 3 is 2.74 bits per heavy atom. The zero-order valence-electron chi connectivity index (χ0n) is 12.0. The summed E-state index contributed by atoms with van der Waals surface area (Å²) in [6, 6.07) is 0.380. The Kier molecular flexibility index (Phi) is 3.62. The van der Waals surface area contributed by atoms with Crippen LogP contribution in [-0.4, -0.2) is 65.8 Å². The molecule has 3 heterocycles. The molecule has 10 heteroatoms. The first kappa shape index (κ1) is 15.0. The van der Waals surface area contributed by atoms with Crippen LogP contribution in [0.2, 0.25) is 5.28 Å². The fourth-order valence-electron chi connectivity index (χ4n) is 2.73. The number of nitrogens with zero attached hydrogens (tertiary/aromatic N) is 4. The Hall–Kier alpha value is -1.52. The lowest BCUT2D eigenvalue weighted by atomic mass is 10.1. The molecular weight excluding hydrogens is 326 g/mol. The summed E-state index contributed by atoms with van der Waals surface area (Å²) in [6.07, 6.45) is -0.814. The Morgan fingerprint density at radius 2 is 2.09 bits per heavy atom. The Labute approximate surface area is 135 Å².